The smallest absolute Gasteiger partial charge is 0.0112 e. The van der Waals surface area contributed by atoms with Gasteiger partial charge in [0.15, 0.2) is 0 Å². The van der Waals surface area contributed by atoms with Crippen LogP contribution in [0.2, 0.25) is 0 Å². The van der Waals surface area contributed by atoms with Crippen molar-refractivity contribution < 1.29 is 0 Å². The molecular weight excluding hydrogens is 160 g/mol. The van der Waals surface area contributed by atoms with Crippen molar-refractivity contribution in [3.8, 4) is 0 Å². The molecule has 0 nitrogen and oxygen atoms in total. The van der Waals surface area contributed by atoms with Crippen LogP contribution in [0.3, 0.4) is 0 Å². The van der Waals surface area contributed by atoms with E-state index in [4.69, 9.17) is 0 Å². The minimum Gasteiger partial charge on any atom is -0.160 e. The molecule has 0 aromatic rings. The Labute approximate surface area is 73.5 Å². The largest absolute Gasteiger partial charge is 0.160 e. The Bertz CT molecular complexity index is 65.7. The molecule has 62 valence electrons. The molecule has 1 aliphatic heterocycles. The molecule has 0 radical (unpaired) electrons. The first-order chi connectivity index (χ1) is 4.79. The van der Waals surface area contributed by atoms with Crippen molar-refractivity contribution in [3.63, 3.8) is 0 Å². The third kappa shape index (κ3) is 4.51. The van der Waals surface area contributed by atoms with Crippen LogP contribution in [0, 0.1) is 0 Å². The Morgan fingerprint density at radius 3 is 1.60 bits per heavy atom. The molecule has 1 heterocycles. The summed E-state index contributed by atoms with van der Waals surface area (Å²) in [7, 11) is 0. The first-order valence-electron chi connectivity index (χ1n) is 4.02. The van der Waals surface area contributed by atoms with E-state index in [1.54, 1.807) is 0 Å². The minimum absolute atomic E-state index is 0.892. The van der Waals surface area contributed by atoms with E-state index in [2.05, 4.69) is 37.4 Å². The van der Waals surface area contributed by atoms with E-state index < -0.39 is 0 Å². The van der Waals surface area contributed by atoms with E-state index in [1.807, 2.05) is 13.8 Å². The lowest BCUT2D eigenvalue weighted by Gasteiger charge is -2.22. The van der Waals surface area contributed by atoms with Gasteiger partial charge in [0.1, 0.15) is 0 Å². The molecule has 2 heteroatoms. The van der Waals surface area contributed by atoms with Crippen LogP contribution in [0.4, 0.5) is 0 Å². The summed E-state index contributed by atoms with van der Waals surface area (Å²) in [4.78, 5) is 0. The summed E-state index contributed by atoms with van der Waals surface area (Å²) in [5.74, 6) is 2.71. The zero-order valence-corrected chi connectivity index (χ0v) is 9.02. The molecule has 0 N–H and O–H groups in total. The predicted octanol–water partition coefficient (Wildman–Crippen LogP) is 3.27. The monoisotopic (exact) mass is 178 g/mol. The molecule has 2 atom stereocenters. The van der Waals surface area contributed by atoms with Crippen molar-refractivity contribution in [2.24, 2.45) is 0 Å². The summed E-state index contributed by atoms with van der Waals surface area (Å²) < 4.78 is 0. The number of hydrogen-bond donors (Lipinski definition) is 0. The third-order valence-corrected chi connectivity index (χ3v) is 4.33. The van der Waals surface area contributed by atoms with Crippen LogP contribution >= 0.6 is 23.5 Å². The molecule has 1 saturated heterocycles. The summed E-state index contributed by atoms with van der Waals surface area (Å²) in [6.45, 7) is 8.63. The molecule has 1 aliphatic rings. The van der Waals surface area contributed by atoms with Gasteiger partial charge in [-0.1, -0.05) is 27.7 Å². The fraction of sp³-hybridized carbons (Fsp3) is 1.00. The van der Waals surface area contributed by atoms with Gasteiger partial charge in [-0.15, -0.1) is 0 Å². The molecule has 2 unspecified atom stereocenters. The molecule has 1 fully saturated rings. The molecule has 0 amide bonds. The second kappa shape index (κ2) is 6.41. The van der Waals surface area contributed by atoms with Crippen molar-refractivity contribution in [3.05, 3.63) is 0 Å². The Kier molecular flexibility index (Phi) is 6.86. The maximum Gasteiger partial charge on any atom is 0.0112 e. The molecule has 1 rings (SSSR count). The van der Waals surface area contributed by atoms with Crippen LogP contribution in [0.5, 0.6) is 0 Å². The van der Waals surface area contributed by atoms with E-state index in [9.17, 15) is 0 Å². The molecule has 0 aliphatic carbocycles. The Hall–Kier alpha value is 0.700. The van der Waals surface area contributed by atoms with Gasteiger partial charge in [0.25, 0.3) is 0 Å². The van der Waals surface area contributed by atoms with Gasteiger partial charge in [0, 0.05) is 22.0 Å². The van der Waals surface area contributed by atoms with E-state index >= 15 is 0 Å². The zero-order chi connectivity index (χ0) is 7.98. The lowest BCUT2D eigenvalue weighted by Crippen LogP contribution is -2.16. The quantitative estimate of drug-likeness (QED) is 0.558. The van der Waals surface area contributed by atoms with Crippen LogP contribution in [0.1, 0.15) is 27.7 Å². The maximum atomic E-state index is 2.31. The molecule has 0 spiro atoms. The number of thioether (sulfide) groups is 2. The summed E-state index contributed by atoms with van der Waals surface area (Å²) in [5.41, 5.74) is 0. The van der Waals surface area contributed by atoms with Crippen LogP contribution in [-0.2, 0) is 0 Å². The van der Waals surface area contributed by atoms with E-state index in [1.165, 1.54) is 11.5 Å². The van der Waals surface area contributed by atoms with Crippen LogP contribution in [0.25, 0.3) is 0 Å². The van der Waals surface area contributed by atoms with Gasteiger partial charge in [0.05, 0.1) is 0 Å². The maximum absolute atomic E-state index is 2.31. The SMILES string of the molecule is CC.CC1CSCC(C)S1. The third-order valence-electron chi connectivity index (χ3n) is 1.17. The van der Waals surface area contributed by atoms with Crippen molar-refractivity contribution >= 4 is 23.5 Å². The van der Waals surface area contributed by atoms with E-state index in [-0.39, 0.29) is 0 Å². The first kappa shape index (κ1) is 10.7. The standard InChI is InChI=1S/C6H12S2.C2H6/c1-5-3-7-4-6(2)8-5;1-2/h5-6H,3-4H2,1-2H3;1-2H3. The lowest BCUT2D eigenvalue weighted by molar-refractivity contribution is 1.04. The van der Waals surface area contributed by atoms with Crippen molar-refractivity contribution in [2.45, 2.75) is 38.2 Å². The summed E-state index contributed by atoms with van der Waals surface area (Å²) in [5, 5.41) is 1.78. The zero-order valence-electron chi connectivity index (χ0n) is 7.39. The molecular formula is C8H18S2. The summed E-state index contributed by atoms with van der Waals surface area (Å²) >= 11 is 4.21. The topological polar surface area (TPSA) is 0 Å². The second-order valence-corrected chi connectivity index (χ2v) is 5.25. The normalized spacial score (nSPS) is 32.4. The van der Waals surface area contributed by atoms with E-state index in [0.717, 1.165) is 10.5 Å². The minimum atomic E-state index is 0.892. The van der Waals surface area contributed by atoms with Gasteiger partial charge in [0.2, 0.25) is 0 Å². The fourth-order valence-corrected chi connectivity index (χ4v) is 3.67. The molecule has 10 heavy (non-hydrogen) atoms. The number of rotatable bonds is 0. The van der Waals surface area contributed by atoms with Crippen molar-refractivity contribution in [2.75, 3.05) is 11.5 Å². The van der Waals surface area contributed by atoms with Gasteiger partial charge < -0.3 is 0 Å². The van der Waals surface area contributed by atoms with Gasteiger partial charge in [-0.2, -0.15) is 23.5 Å². The number of hydrogen-bond acceptors (Lipinski definition) is 2. The molecule has 0 saturated carbocycles. The molecule has 0 bridgehead atoms. The van der Waals surface area contributed by atoms with Crippen LogP contribution < -0.4 is 0 Å². The van der Waals surface area contributed by atoms with Crippen LogP contribution in [0.15, 0.2) is 0 Å². The van der Waals surface area contributed by atoms with Crippen molar-refractivity contribution in [1.82, 2.24) is 0 Å². The van der Waals surface area contributed by atoms with Gasteiger partial charge in [-0.25, -0.2) is 0 Å². The average Bonchev–Trinajstić information content (AvgIpc) is 1.91. The van der Waals surface area contributed by atoms with E-state index in [0.29, 0.717) is 0 Å². The van der Waals surface area contributed by atoms with Gasteiger partial charge in [-0.3, -0.25) is 0 Å². The Morgan fingerprint density at radius 1 is 1.00 bits per heavy atom. The highest BCUT2D eigenvalue weighted by molar-refractivity contribution is 8.07. The summed E-state index contributed by atoms with van der Waals surface area (Å²) in [6.07, 6.45) is 0. The fourth-order valence-electron chi connectivity index (χ4n) is 0.875. The Morgan fingerprint density at radius 2 is 1.40 bits per heavy atom. The van der Waals surface area contributed by atoms with Gasteiger partial charge in [-0.05, 0) is 0 Å². The first-order valence-corrected chi connectivity index (χ1v) is 6.12. The Balaban J connectivity index is 0.000000371. The van der Waals surface area contributed by atoms with Gasteiger partial charge >= 0.3 is 0 Å². The molecule has 0 aromatic carbocycles. The lowest BCUT2D eigenvalue weighted by atomic mass is 10.5. The summed E-state index contributed by atoms with van der Waals surface area (Å²) in [6, 6.07) is 0. The average molecular weight is 178 g/mol. The molecule has 0 aromatic heterocycles. The predicted molar refractivity (Wildman–Crippen MR) is 55.2 cm³/mol. The highest BCUT2D eigenvalue weighted by atomic mass is 32.2. The highest BCUT2D eigenvalue weighted by Gasteiger charge is 2.14. The van der Waals surface area contributed by atoms with Crippen molar-refractivity contribution in [1.29, 1.82) is 0 Å². The highest BCUT2D eigenvalue weighted by Crippen LogP contribution is 2.29. The van der Waals surface area contributed by atoms with Crippen LogP contribution in [-0.4, -0.2) is 22.0 Å². The second-order valence-electron chi connectivity index (χ2n) is 2.29.